The maximum atomic E-state index is 5.04. The van der Waals surface area contributed by atoms with Crippen LogP contribution < -0.4 is 0 Å². The molecule has 2 aromatic rings. The van der Waals surface area contributed by atoms with Crippen LogP contribution in [0.2, 0.25) is 0 Å². The number of hydrogen-bond donors (Lipinski definition) is 1. The van der Waals surface area contributed by atoms with Crippen molar-refractivity contribution < 1.29 is 0 Å². The number of thiol groups is 1. The largest absolute Gasteiger partial charge is 0.163 e. The fraction of sp³-hybridized carbons (Fsp3) is 0.294. The molecule has 0 N–H and O–H groups in total. The van der Waals surface area contributed by atoms with Gasteiger partial charge in [0.15, 0.2) is 0 Å². The highest BCUT2D eigenvalue weighted by atomic mass is 32.1. The van der Waals surface area contributed by atoms with Gasteiger partial charge in [0.2, 0.25) is 0 Å². The molecule has 0 saturated heterocycles. The van der Waals surface area contributed by atoms with E-state index in [-0.39, 0.29) is 4.75 Å². The maximum absolute atomic E-state index is 5.04. The second-order valence-electron chi connectivity index (χ2n) is 4.84. The lowest BCUT2D eigenvalue weighted by molar-refractivity contribution is 0.706. The van der Waals surface area contributed by atoms with Gasteiger partial charge in [0.1, 0.15) is 0 Å². The minimum atomic E-state index is -0.198. The third-order valence-corrected chi connectivity index (χ3v) is 4.49. The first-order valence-electron chi connectivity index (χ1n) is 6.44. The summed E-state index contributed by atoms with van der Waals surface area (Å²) in [5.41, 5.74) is 5.23. The van der Waals surface area contributed by atoms with Crippen molar-refractivity contribution in [2.75, 3.05) is 0 Å². The lowest BCUT2D eigenvalue weighted by atomic mass is 9.83. The normalized spacial score (nSPS) is 11.6. The Morgan fingerprint density at radius 2 is 1.22 bits per heavy atom. The standard InChI is InChI=1S/C17H20S/c1-4-17(18,15-11-7-5-9-13(15)2)16-12-8-6-10-14(16)3/h5-12,18H,4H2,1-3H3. The number of rotatable bonds is 3. The van der Waals surface area contributed by atoms with Crippen molar-refractivity contribution in [3.8, 4) is 0 Å². The smallest absolute Gasteiger partial charge is 0.0629 e. The van der Waals surface area contributed by atoms with Crippen LogP contribution in [0.5, 0.6) is 0 Å². The summed E-state index contributed by atoms with van der Waals surface area (Å²) in [4.78, 5) is 0. The van der Waals surface area contributed by atoms with E-state index in [4.69, 9.17) is 12.6 Å². The summed E-state index contributed by atoms with van der Waals surface area (Å²) in [6.07, 6.45) is 0.978. The molecule has 0 unspecified atom stereocenters. The first-order valence-corrected chi connectivity index (χ1v) is 6.89. The second kappa shape index (κ2) is 5.19. The molecule has 1 heteroatoms. The summed E-state index contributed by atoms with van der Waals surface area (Å²) in [6, 6.07) is 17.1. The summed E-state index contributed by atoms with van der Waals surface area (Å²) >= 11 is 5.04. The Morgan fingerprint density at radius 3 is 1.56 bits per heavy atom. The Hall–Kier alpha value is -1.21. The lowest BCUT2D eigenvalue weighted by Crippen LogP contribution is -2.22. The van der Waals surface area contributed by atoms with E-state index in [0.29, 0.717) is 0 Å². The quantitative estimate of drug-likeness (QED) is 0.743. The summed E-state index contributed by atoms with van der Waals surface area (Å²) in [6.45, 7) is 6.52. The molecular formula is C17H20S. The van der Waals surface area contributed by atoms with E-state index in [1.165, 1.54) is 22.3 Å². The first-order chi connectivity index (χ1) is 8.59. The molecule has 0 fully saturated rings. The van der Waals surface area contributed by atoms with Gasteiger partial charge in [-0.05, 0) is 42.5 Å². The zero-order valence-corrected chi connectivity index (χ0v) is 12.2. The fourth-order valence-electron chi connectivity index (χ4n) is 2.60. The van der Waals surface area contributed by atoms with Gasteiger partial charge in [-0.15, -0.1) is 0 Å². The number of hydrogen-bond acceptors (Lipinski definition) is 1. The fourth-order valence-corrected chi connectivity index (χ4v) is 3.10. The van der Waals surface area contributed by atoms with Gasteiger partial charge in [-0.3, -0.25) is 0 Å². The molecule has 0 aromatic heterocycles. The van der Waals surface area contributed by atoms with Crippen molar-refractivity contribution in [3.63, 3.8) is 0 Å². The van der Waals surface area contributed by atoms with Crippen molar-refractivity contribution >= 4 is 12.6 Å². The van der Waals surface area contributed by atoms with Crippen molar-refractivity contribution in [1.82, 2.24) is 0 Å². The zero-order valence-electron chi connectivity index (χ0n) is 11.3. The summed E-state index contributed by atoms with van der Waals surface area (Å²) in [7, 11) is 0. The molecule has 0 amide bonds. The SMILES string of the molecule is CCC(S)(c1ccccc1C)c1ccccc1C. The van der Waals surface area contributed by atoms with E-state index in [0.717, 1.165) is 6.42 Å². The van der Waals surface area contributed by atoms with E-state index in [2.05, 4.69) is 69.3 Å². The topological polar surface area (TPSA) is 0 Å². The van der Waals surface area contributed by atoms with Crippen LogP contribution in [0.1, 0.15) is 35.6 Å². The molecule has 94 valence electrons. The third-order valence-electron chi connectivity index (χ3n) is 3.69. The molecule has 0 heterocycles. The van der Waals surface area contributed by atoms with Gasteiger partial charge >= 0.3 is 0 Å². The van der Waals surface area contributed by atoms with Crippen LogP contribution in [-0.2, 0) is 4.75 Å². The number of aryl methyl sites for hydroxylation is 2. The average molecular weight is 256 g/mol. The number of benzene rings is 2. The van der Waals surface area contributed by atoms with E-state index in [1.54, 1.807) is 0 Å². The van der Waals surface area contributed by atoms with Gasteiger partial charge in [-0.2, -0.15) is 12.6 Å². The molecule has 0 atom stereocenters. The van der Waals surface area contributed by atoms with E-state index < -0.39 is 0 Å². The molecule has 18 heavy (non-hydrogen) atoms. The van der Waals surface area contributed by atoms with Crippen molar-refractivity contribution in [2.45, 2.75) is 31.9 Å². The highest BCUT2D eigenvalue weighted by Crippen LogP contribution is 2.41. The molecule has 2 rings (SSSR count). The van der Waals surface area contributed by atoms with Gasteiger partial charge in [0.05, 0.1) is 4.75 Å². The van der Waals surface area contributed by atoms with Gasteiger partial charge in [0, 0.05) is 0 Å². The Labute approximate surface area is 115 Å². The van der Waals surface area contributed by atoms with Gasteiger partial charge in [-0.1, -0.05) is 55.5 Å². The zero-order chi connectivity index (χ0) is 13.2. The molecule has 2 aromatic carbocycles. The van der Waals surface area contributed by atoms with Crippen LogP contribution in [0.4, 0.5) is 0 Å². The Kier molecular flexibility index (Phi) is 3.82. The molecule has 0 aliphatic carbocycles. The maximum Gasteiger partial charge on any atom is 0.0629 e. The highest BCUT2D eigenvalue weighted by Gasteiger charge is 2.30. The molecule has 0 nitrogen and oxygen atoms in total. The highest BCUT2D eigenvalue weighted by molar-refractivity contribution is 7.81. The molecule has 0 aliphatic rings. The van der Waals surface area contributed by atoms with Crippen LogP contribution in [-0.4, -0.2) is 0 Å². The molecule has 0 saturated carbocycles. The van der Waals surface area contributed by atoms with Crippen LogP contribution in [0.3, 0.4) is 0 Å². The van der Waals surface area contributed by atoms with Crippen LogP contribution in [0.25, 0.3) is 0 Å². The van der Waals surface area contributed by atoms with E-state index in [1.807, 2.05) is 0 Å². The Morgan fingerprint density at radius 1 is 0.833 bits per heavy atom. The predicted molar refractivity (Wildman–Crippen MR) is 82.4 cm³/mol. The van der Waals surface area contributed by atoms with E-state index in [9.17, 15) is 0 Å². The van der Waals surface area contributed by atoms with Crippen LogP contribution in [0.15, 0.2) is 48.5 Å². The molecular weight excluding hydrogens is 236 g/mol. The first kappa shape index (κ1) is 13.2. The van der Waals surface area contributed by atoms with Gasteiger partial charge in [-0.25, -0.2) is 0 Å². The monoisotopic (exact) mass is 256 g/mol. The molecule has 0 radical (unpaired) electrons. The van der Waals surface area contributed by atoms with Crippen molar-refractivity contribution in [2.24, 2.45) is 0 Å². The molecule has 0 aliphatic heterocycles. The Balaban J connectivity index is 2.63. The minimum Gasteiger partial charge on any atom is -0.163 e. The van der Waals surface area contributed by atoms with Gasteiger partial charge in [0.25, 0.3) is 0 Å². The predicted octanol–water partition coefficient (Wildman–Crippen LogP) is 4.89. The molecule has 0 spiro atoms. The van der Waals surface area contributed by atoms with Crippen LogP contribution in [0, 0.1) is 13.8 Å². The van der Waals surface area contributed by atoms with Gasteiger partial charge < -0.3 is 0 Å². The molecule has 0 bridgehead atoms. The average Bonchev–Trinajstić information content (AvgIpc) is 2.39. The van der Waals surface area contributed by atoms with E-state index >= 15 is 0 Å². The minimum absolute atomic E-state index is 0.198. The lowest BCUT2D eigenvalue weighted by Gasteiger charge is -2.31. The van der Waals surface area contributed by atoms with Crippen molar-refractivity contribution in [3.05, 3.63) is 70.8 Å². The van der Waals surface area contributed by atoms with Crippen LogP contribution >= 0.6 is 12.6 Å². The van der Waals surface area contributed by atoms with Crippen molar-refractivity contribution in [1.29, 1.82) is 0 Å². The Bertz CT molecular complexity index is 497. The summed E-state index contributed by atoms with van der Waals surface area (Å²) in [5, 5.41) is 0. The second-order valence-corrected chi connectivity index (χ2v) is 5.61. The third kappa shape index (κ3) is 2.20. The summed E-state index contributed by atoms with van der Waals surface area (Å²) in [5.74, 6) is 0. The summed E-state index contributed by atoms with van der Waals surface area (Å²) < 4.78 is -0.198.